The molecule has 168 valence electrons. The van der Waals surface area contributed by atoms with E-state index in [9.17, 15) is 14.0 Å². The maximum absolute atomic E-state index is 13.9. The molecule has 0 unspecified atom stereocenters. The van der Waals surface area contributed by atoms with E-state index in [0.29, 0.717) is 29.3 Å². The van der Waals surface area contributed by atoms with Crippen LogP contribution >= 0.6 is 0 Å². The first-order chi connectivity index (χ1) is 15.4. The average Bonchev–Trinajstić information content (AvgIpc) is 3.35. The Morgan fingerprint density at radius 1 is 1.25 bits per heavy atom. The summed E-state index contributed by atoms with van der Waals surface area (Å²) < 4.78 is 21.2. The Labute approximate surface area is 186 Å². The van der Waals surface area contributed by atoms with Gasteiger partial charge in [-0.25, -0.2) is 4.39 Å². The van der Waals surface area contributed by atoms with Gasteiger partial charge in [0.2, 0.25) is 5.91 Å². The number of carbonyl (C=O) groups excluding carboxylic acids is 2. The van der Waals surface area contributed by atoms with Gasteiger partial charge < -0.3 is 19.2 Å². The van der Waals surface area contributed by atoms with Gasteiger partial charge in [-0.05, 0) is 43.4 Å². The molecular weight excluding hydrogens is 409 g/mol. The molecule has 2 aromatic heterocycles. The highest BCUT2D eigenvalue weighted by atomic mass is 19.1. The fourth-order valence-electron chi connectivity index (χ4n) is 5.19. The molecule has 0 radical (unpaired) electrons. The highest BCUT2D eigenvalue weighted by Gasteiger charge is 2.48. The van der Waals surface area contributed by atoms with Crippen LogP contribution in [0.5, 0.6) is 0 Å². The molecule has 1 aromatic carbocycles. The van der Waals surface area contributed by atoms with Crippen LogP contribution in [-0.4, -0.2) is 32.9 Å². The first kappa shape index (κ1) is 20.8. The molecule has 1 N–H and O–H groups in total. The number of halogens is 1. The van der Waals surface area contributed by atoms with Crippen LogP contribution < -0.4 is 5.32 Å². The van der Waals surface area contributed by atoms with Crippen LogP contribution in [0.1, 0.15) is 55.6 Å². The number of amides is 2. The van der Waals surface area contributed by atoms with Gasteiger partial charge in [-0.15, -0.1) is 0 Å². The van der Waals surface area contributed by atoms with E-state index in [4.69, 9.17) is 4.42 Å². The molecule has 32 heavy (non-hydrogen) atoms. The van der Waals surface area contributed by atoms with Crippen molar-refractivity contribution in [1.29, 1.82) is 0 Å². The molecule has 0 spiro atoms. The average molecular weight is 438 g/mol. The minimum atomic E-state index is -1.13. The molecule has 5 rings (SSSR count). The van der Waals surface area contributed by atoms with Crippen LogP contribution in [0, 0.1) is 11.7 Å². The number of nitrogens with zero attached hydrogens (tertiary/aromatic N) is 2. The Morgan fingerprint density at radius 2 is 2.06 bits per heavy atom. The molecule has 1 fully saturated rings. The summed E-state index contributed by atoms with van der Waals surface area (Å²) in [5, 5.41) is 3.25. The van der Waals surface area contributed by atoms with Crippen molar-refractivity contribution in [3.63, 3.8) is 0 Å². The second kappa shape index (κ2) is 7.80. The van der Waals surface area contributed by atoms with Crippen LogP contribution in [0.25, 0.3) is 11.1 Å². The van der Waals surface area contributed by atoms with Crippen LogP contribution in [0.2, 0.25) is 0 Å². The molecule has 3 heterocycles. The van der Waals surface area contributed by atoms with Gasteiger partial charge in [0.25, 0.3) is 5.91 Å². The molecule has 0 saturated heterocycles. The number of nitrogens with one attached hydrogen (secondary N) is 1. The predicted octanol–water partition coefficient (Wildman–Crippen LogP) is 4.48. The van der Waals surface area contributed by atoms with Gasteiger partial charge in [0.05, 0.1) is 18.3 Å². The number of benzene rings is 1. The van der Waals surface area contributed by atoms with Crippen molar-refractivity contribution in [2.45, 2.75) is 64.2 Å². The van der Waals surface area contributed by atoms with Gasteiger partial charge in [0.15, 0.2) is 5.58 Å². The molecule has 6 nitrogen and oxygen atoms in total. The number of furan rings is 1. The second-order valence-electron chi connectivity index (χ2n) is 9.42. The topological polar surface area (TPSA) is 67.5 Å². The zero-order chi connectivity index (χ0) is 22.5. The molecule has 3 atom stereocenters. The Bertz CT molecular complexity index is 1180. The maximum Gasteiger partial charge on any atom is 0.271 e. The third kappa shape index (κ3) is 3.40. The van der Waals surface area contributed by atoms with Crippen LogP contribution in [-0.2, 0) is 17.9 Å². The Morgan fingerprint density at radius 3 is 2.84 bits per heavy atom. The maximum atomic E-state index is 13.9. The lowest BCUT2D eigenvalue weighted by molar-refractivity contribution is -0.134. The lowest BCUT2D eigenvalue weighted by atomic mass is 9.85. The molecule has 0 bridgehead atoms. The van der Waals surface area contributed by atoms with E-state index < -0.39 is 5.54 Å². The number of carbonyl (C=O) groups is 2. The highest BCUT2D eigenvalue weighted by Crippen LogP contribution is 2.34. The summed E-state index contributed by atoms with van der Waals surface area (Å²) in [6.07, 6.45) is 5.89. The summed E-state index contributed by atoms with van der Waals surface area (Å²) in [7, 11) is 0. The molecular formula is C25H28FN3O3. The third-order valence-corrected chi connectivity index (χ3v) is 7.20. The van der Waals surface area contributed by atoms with Crippen molar-refractivity contribution < 1.29 is 18.4 Å². The van der Waals surface area contributed by atoms with E-state index >= 15 is 0 Å². The van der Waals surface area contributed by atoms with E-state index in [1.165, 1.54) is 18.6 Å². The number of fused-ring (bicyclic) bond motifs is 3. The first-order valence-electron chi connectivity index (χ1n) is 11.3. The van der Waals surface area contributed by atoms with E-state index in [-0.39, 0.29) is 30.2 Å². The molecule has 1 aliphatic carbocycles. The minimum Gasteiger partial charge on any atom is -0.463 e. The Kier molecular flexibility index (Phi) is 5.07. The van der Waals surface area contributed by atoms with Crippen molar-refractivity contribution >= 4 is 22.9 Å². The summed E-state index contributed by atoms with van der Waals surface area (Å²) in [5.74, 6) is -0.400. The Balaban J connectivity index is 1.53. The van der Waals surface area contributed by atoms with Gasteiger partial charge in [-0.3, -0.25) is 9.59 Å². The van der Waals surface area contributed by atoms with Crippen molar-refractivity contribution in [3.8, 4) is 0 Å². The molecule has 1 saturated carbocycles. The third-order valence-electron chi connectivity index (χ3n) is 7.20. The van der Waals surface area contributed by atoms with E-state index in [1.54, 1.807) is 29.4 Å². The van der Waals surface area contributed by atoms with Gasteiger partial charge >= 0.3 is 0 Å². The smallest absolute Gasteiger partial charge is 0.271 e. The van der Waals surface area contributed by atoms with Crippen LogP contribution in [0.4, 0.5) is 4.39 Å². The van der Waals surface area contributed by atoms with Crippen molar-refractivity contribution in [2.24, 2.45) is 5.92 Å². The normalized spacial score (nSPS) is 25.7. The van der Waals surface area contributed by atoms with Gasteiger partial charge in [0, 0.05) is 24.7 Å². The predicted molar refractivity (Wildman–Crippen MR) is 118 cm³/mol. The lowest BCUT2D eigenvalue weighted by Gasteiger charge is -2.45. The van der Waals surface area contributed by atoms with Gasteiger partial charge in [-0.1, -0.05) is 31.9 Å². The lowest BCUT2D eigenvalue weighted by Crippen LogP contribution is -2.65. The van der Waals surface area contributed by atoms with E-state index in [1.807, 2.05) is 17.6 Å². The number of hydrogen-bond acceptors (Lipinski definition) is 3. The number of rotatable bonds is 4. The number of aromatic nitrogens is 1. The SMILES string of the molecule is C[C@@H]1CCCC[C@H]1NC(=O)[C@]1(C)Cn2c(cc3occc32)C(=O)N1Cc1cccc(F)c1. The quantitative estimate of drug-likeness (QED) is 0.654. The van der Waals surface area contributed by atoms with Gasteiger partial charge in [-0.2, -0.15) is 0 Å². The zero-order valence-corrected chi connectivity index (χ0v) is 18.4. The summed E-state index contributed by atoms with van der Waals surface area (Å²) in [6, 6.07) is 9.81. The summed E-state index contributed by atoms with van der Waals surface area (Å²) in [4.78, 5) is 29.0. The van der Waals surface area contributed by atoms with E-state index in [0.717, 1.165) is 24.8 Å². The first-order valence-corrected chi connectivity index (χ1v) is 11.3. The molecule has 2 aliphatic rings. The molecule has 2 amide bonds. The fourth-order valence-corrected chi connectivity index (χ4v) is 5.19. The number of hydrogen-bond donors (Lipinski definition) is 1. The fraction of sp³-hybridized carbons (Fsp3) is 0.440. The standard InChI is InChI=1S/C25H28FN3O3/c1-16-6-3-4-9-19(16)27-24(31)25(2)15-28-20-10-11-32-22(20)13-21(28)23(30)29(25)14-17-7-5-8-18(26)12-17/h5,7-8,10-13,16,19H,3-4,6,9,14-15H2,1-2H3,(H,27,31)/t16-,19-,25+/m1/s1. The van der Waals surface area contributed by atoms with Crippen LogP contribution in [0.15, 0.2) is 47.1 Å². The largest absolute Gasteiger partial charge is 0.463 e. The summed E-state index contributed by atoms with van der Waals surface area (Å²) in [5.41, 5.74) is 1.41. The van der Waals surface area contributed by atoms with Crippen LogP contribution in [0.3, 0.4) is 0 Å². The molecule has 3 aromatic rings. The minimum absolute atomic E-state index is 0.0965. The van der Waals surface area contributed by atoms with Gasteiger partial charge in [0.1, 0.15) is 17.1 Å². The van der Waals surface area contributed by atoms with E-state index in [2.05, 4.69) is 12.2 Å². The molecule has 7 heteroatoms. The van der Waals surface area contributed by atoms with Crippen molar-refractivity contribution in [3.05, 3.63) is 59.7 Å². The zero-order valence-electron chi connectivity index (χ0n) is 18.4. The molecule has 1 aliphatic heterocycles. The monoisotopic (exact) mass is 437 g/mol. The van der Waals surface area contributed by atoms with Crippen molar-refractivity contribution in [2.75, 3.05) is 0 Å². The Hall–Kier alpha value is -3.09. The van der Waals surface area contributed by atoms with Crippen molar-refractivity contribution in [1.82, 2.24) is 14.8 Å². The second-order valence-corrected chi connectivity index (χ2v) is 9.42. The summed E-state index contributed by atoms with van der Waals surface area (Å²) in [6.45, 7) is 4.43. The summed E-state index contributed by atoms with van der Waals surface area (Å²) >= 11 is 0. The highest BCUT2D eigenvalue weighted by molar-refractivity contribution is 6.02.